The smallest absolute Gasteiger partial charge is 0.265 e. The van der Waals surface area contributed by atoms with Crippen molar-refractivity contribution in [1.82, 2.24) is 0 Å². The second-order valence-corrected chi connectivity index (χ2v) is 8.78. The largest absolute Gasteiger partial charge is 0.507 e. The van der Waals surface area contributed by atoms with Crippen molar-refractivity contribution < 1.29 is 27.9 Å². The molecule has 0 saturated heterocycles. The number of anilines is 1. The summed E-state index contributed by atoms with van der Waals surface area (Å²) in [5.41, 5.74) is 5.78. The Morgan fingerprint density at radius 2 is 1.41 bits per heavy atom. The van der Waals surface area contributed by atoms with E-state index in [2.05, 4.69) is 0 Å². The number of para-hydroxylation sites is 1. The van der Waals surface area contributed by atoms with Crippen molar-refractivity contribution in [2.24, 2.45) is 0 Å². The maximum absolute atomic E-state index is 12.9. The summed E-state index contributed by atoms with van der Waals surface area (Å²) >= 11 is 0. The fraction of sp³-hybridized carbons (Fsp3) is 0. The average Bonchev–Trinajstić information content (AvgIpc) is 2.68. The molecule has 0 heterocycles. The van der Waals surface area contributed by atoms with Crippen LogP contribution in [0.4, 0.5) is 5.69 Å². The number of hydrogen-bond acceptors (Lipinski definition) is 7. The number of halogens is 1. The Labute approximate surface area is 169 Å². The van der Waals surface area contributed by atoms with Gasteiger partial charge in [0.15, 0.2) is 17.3 Å². The molecule has 0 radical (unpaired) electrons. The Morgan fingerprint density at radius 1 is 0.862 bits per heavy atom. The third kappa shape index (κ3) is 3.02. The van der Waals surface area contributed by atoms with E-state index >= 15 is 0 Å². The molecule has 0 saturated carbocycles. The summed E-state index contributed by atoms with van der Waals surface area (Å²) in [5.74, 6) is -1.94. The molecular formula is C20H12ClNO6S. The lowest BCUT2D eigenvalue weighted by Crippen LogP contribution is -2.22. The van der Waals surface area contributed by atoms with Crippen LogP contribution in [0, 0.1) is 0 Å². The predicted molar refractivity (Wildman–Crippen MR) is 105 cm³/mol. The Bertz CT molecular complexity index is 1320. The van der Waals surface area contributed by atoms with Crippen molar-refractivity contribution in [3.8, 4) is 17.2 Å². The van der Waals surface area contributed by atoms with Gasteiger partial charge in [-0.05, 0) is 12.1 Å². The first kappa shape index (κ1) is 19.0. The van der Waals surface area contributed by atoms with Gasteiger partial charge >= 0.3 is 0 Å². The first-order chi connectivity index (χ1) is 13.7. The molecule has 146 valence electrons. The van der Waals surface area contributed by atoms with Gasteiger partial charge in [-0.2, -0.15) is 0 Å². The van der Waals surface area contributed by atoms with Gasteiger partial charge in [-0.1, -0.05) is 36.4 Å². The van der Waals surface area contributed by atoms with Crippen LogP contribution in [0.3, 0.4) is 0 Å². The van der Waals surface area contributed by atoms with Crippen LogP contribution in [0.1, 0.15) is 31.8 Å². The molecule has 0 aliphatic heterocycles. The summed E-state index contributed by atoms with van der Waals surface area (Å²) in [4.78, 5) is 25.4. The lowest BCUT2D eigenvalue weighted by atomic mass is 9.82. The first-order valence-corrected chi connectivity index (χ1v) is 10.6. The van der Waals surface area contributed by atoms with E-state index < -0.39 is 26.4 Å². The lowest BCUT2D eigenvalue weighted by Gasteiger charge is -2.22. The second kappa shape index (κ2) is 6.61. The molecule has 3 N–H and O–H groups in total. The normalized spacial score (nSPS) is 13.0. The van der Waals surface area contributed by atoms with E-state index in [1.165, 1.54) is 36.4 Å². The van der Waals surface area contributed by atoms with E-state index in [9.17, 15) is 23.1 Å². The van der Waals surface area contributed by atoms with Crippen LogP contribution in [-0.2, 0) is 9.05 Å². The standard InChI is InChI=1S/C20H12ClNO6S/c21-29(26,27)15-8-4-3-7-13(15)28-14-9-12(23)16-17(18(14)22)20(25)11-6-2-1-5-10(11)19(16)24/h1-9,23H,22H2. The van der Waals surface area contributed by atoms with Gasteiger partial charge in [0.2, 0.25) is 0 Å². The summed E-state index contributed by atoms with van der Waals surface area (Å²) in [5, 5.41) is 10.4. The second-order valence-electron chi connectivity index (χ2n) is 6.25. The summed E-state index contributed by atoms with van der Waals surface area (Å²) in [6.07, 6.45) is 0. The van der Waals surface area contributed by atoms with Crippen molar-refractivity contribution in [3.05, 3.63) is 76.9 Å². The summed E-state index contributed by atoms with van der Waals surface area (Å²) in [6.45, 7) is 0. The molecule has 7 nitrogen and oxygen atoms in total. The SMILES string of the molecule is Nc1c(Oc2ccccc2S(=O)(=O)Cl)cc(O)c2c1C(=O)c1ccccc1C2=O. The van der Waals surface area contributed by atoms with Gasteiger partial charge in [-0.15, -0.1) is 0 Å². The van der Waals surface area contributed by atoms with E-state index in [-0.39, 0.29) is 44.3 Å². The van der Waals surface area contributed by atoms with Gasteiger partial charge < -0.3 is 15.6 Å². The van der Waals surface area contributed by atoms with Crippen molar-refractivity contribution >= 4 is 37.0 Å². The molecule has 0 aromatic heterocycles. The Balaban J connectivity index is 1.90. The number of rotatable bonds is 3. The number of ether oxygens (including phenoxy) is 1. The first-order valence-electron chi connectivity index (χ1n) is 8.25. The number of ketones is 2. The summed E-state index contributed by atoms with van der Waals surface area (Å²) < 4.78 is 29.1. The number of hydrogen-bond donors (Lipinski definition) is 2. The van der Waals surface area contributed by atoms with Crippen molar-refractivity contribution in [1.29, 1.82) is 0 Å². The van der Waals surface area contributed by atoms with Crippen LogP contribution in [0.15, 0.2) is 59.5 Å². The van der Waals surface area contributed by atoms with Gasteiger partial charge in [-0.3, -0.25) is 9.59 Å². The molecule has 0 bridgehead atoms. The number of carbonyl (C=O) groups excluding carboxylic acids is 2. The molecule has 1 aliphatic carbocycles. The van der Waals surface area contributed by atoms with Crippen LogP contribution in [0.5, 0.6) is 17.2 Å². The zero-order valence-corrected chi connectivity index (χ0v) is 16.1. The highest BCUT2D eigenvalue weighted by Crippen LogP contribution is 2.43. The van der Waals surface area contributed by atoms with Crippen molar-refractivity contribution in [2.75, 3.05) is 5.73 Å². The zero-order valence-electron chi connectivity index (χ0n) is 14.5. The van der Waals surface area contributed by atoms with E-state index in [0.29, 0.717) is 0 Å². The van der Waals surface area contributed by atoms with E-state index in [0.717, 1.165) is 6.07 Å². The molecule has 0 atom stereocenters. The third-order valence-corrected chi connectivity index (χ3v) is 5.87. The number of fused-ring (bicyclic) bond motifs is 2. The fourth-order valence-electron chi connectivity index (χ4n) is 3.21. The number of aromatic hydroxyl groups is 1. The molecule has 29 heavy (non-hydrogen) atoms. The lowest BCUT2D eigenvalue weighted by molar-refractivity contribution is 0.0977. The van der Waals surface area contributed by atoms with E-state index in [4.69, 9.17) is 21.2 Å². The molecule has 1 aliphatic rings. The van der Waals surface area contributed by atoms with Crippen LogP contribution in [-0.4, -0.2) is 25.1 Å². The predicted octanol–water partition coefficient (Wildman–Crippen LogP) is 3.47. The highest BCUT2D eigenvalue weighted by molar-refractivity contribution is 8.13. The fourth-order valence-corrected chi connectivity index (χ4v) is 4.19. The summed E-state index contributed by atoms with van der Waals surface area (Å²) in [7, 11) is 1.30. The van der Waals surface area contributed by atoms with Gasteiger partial charge in [0.05, 0.1) is 16.8 Å². The molecular weight excluding hydrogens is 418 g/mol. The van der Waals surface area contributed by atoms with Crippen LogP contribution in [0.25, 0.3) is 0 Å². The number of phenols is 1. The molecule has 0 unspecified atom stereocenters. The maximum Gasteiger partial charge on any atom is 0.265 e. The Kier molecular flexibility index (Phi) is 4.33. The number of benzene rings is 3. The topological polar surface area (TPSA) is 124 Å². The maximum atomic E-state index is 12.9. The number of nitrogens with two attached hydrogens (primary N) is 1. The monoisotopic (exact) mass is 429 g/mol. The minimum absolute atomic E-state index is 0.150. The van der Waals surface area contributed by atoms with Crippen molar-refractivity contribution in [3.63, 3.8) is 0 Å². The number of nitrogen functional groups attached to an aromatic ring is 1. The molecule has 3 aromatic carbocycles. The molecule has 4 rings (SSSR count). The van der Waals surface area contributed by atoms with Gasteiger partial charge in [0.1, 0.15) is 16.4 Å². The Hall–Kier alpha value is -3.36. The molecule has 9 heteroatoms. The molecule has 0 amide bonds. The highest BCUT2D eigenvalue weighted by Gasteiger charge is 2.35. The number of carbonyl (C=O) groups is 2. The van der Waals surface area contributed by atoms with Crippen molar-refractivity contribution in [2.45, 2.75) is 4.90 Å². The zero-order chi connectivity index (χ0) is 20.9. The van der Waals surface area contributed by atoms with Gasteiger partial charge in [0, 0.05) is 27.9 Å². The van der Waals surface area contributed by atoms with E-state index in [1.54, 1.807) is 12.1 Å². The molecule has 3 aromatic rings. The third-order valence-electron chi connectivity index (χ3n) is 4.51. The molecule has 0 fully saturated rings. The summed E-state index contributed by atoms with van der Waals surface area (Å²) in [6, 6.07) is 12.8. The minimum atomic E-state index is -4.13. The minimum Gasteiger partial charge on any atom is -0.507 e. The van der Waals surface area contributed by atoms with Gasteiger partial charge in [0.25, 0.3) is 9.05 Å². The van der Waals surface area contributed by atoms with E-state index in [1.807, 2.05) is 0 Å². The number of phenolic OH excluding ortho intramolecular Hbond substituents is 1. The van der Waals surface area contributed by atoms with Crippen LogP contribution in [0.2, 0.25) is 0 Å². The van der Waals surface area contributed by atoms with Crippen LogP contribution < -0.4 is 10.5 Å². The van der Waals surface area contributed by atoms with Crippen LogP contribution >= 0.6 is 10.7 Å². The average molecular weight is 430 g/mol. The molecule has 0 spiro atoms. The quantitative estimate of drug-likeness (QED) is 0.290. The Morgan fingerprint density at radius 3 is 2.03 bits per heavy atom. The highest BCUT2D eigenvalue weighted by atomic mass is 35.7. The van der Waals surface area contributed by atoms with Gasteiger partial charge in [-0.25, -0.2) is 8.42 Å².